The number of rotatable bonds is 2. The minimum absolute atomic E-state index is 0.0125. The number of aryl methyl sites for hydroxylation is 2. The molecule has 2 aromatic carbocycles. The first-order chi connectivity index (χ1) is 10.6. The third kappa shape index (κ3) is 2.54. The predicted octanol–water partition coefficient (Wildman–Crippen LogP) is 3.74. The number of carbonyl (C=O) groups is 2. The quantitative estimate of drug-likeness (QED) is 0.791. The standard InChI is InChI=1S/C19H19NO2/c1-13-7-3-5-9-16(13)15-11-18(21)20(19(22)12-15)17-10-6-4-8-14(17)2/h3-10,15H,11-12H2,1-2H3. The van der Waals surface area contributed by atoms with E-state index in [0.29, 0.717) is 18.5 Å². The van der Waals surface area contributed by atoms with E-state index in [2.05, 4.69) is 0 Å². The summed E-state index contributed by atoms with van der Waals surface area (Å²) in [7, 11) is 0. The molecule has 1 fully saturated rings. The van der Waals surface area contributed by atoms with Crippen LogP contribution in [0.25, 0.3) is 0 Å². The molecule has 3 rings (SSSR count). The van der Waals surface area contributed by atoms with E-state index in [9.17, 15) is 9.59 Å². The fraction of sp³-hybridized carbons (Fsp3) is 0.263. The van der Waals surface area contributed by atoms with Crippen molar-refractivity contribution in [2.45, 2.75) is 32.6 Å². The van der Waals surface area contributed by atoms with Crippen molar-refractivity contribution in [3.05, 3.63) is 65.2 Å². The van der Waals surface area contributed by atoms with Gasteiger partial charge in [0.15, 0.2) is 0 Å². The van der Waals surface area contributed by atoms with Gasteiger partial charge in [0.05, 0.1) is 5.69 Å². The van der Waals surface area contributed by atoms with Gasteiger partial charge in [0.25, 0.3) is 0 Å². The fourth-order valence-electron chi connectivity index (χ4n) is 3.16. The molecule has 22 heavy (non-hydrogen) atoms. The molecule has 112 valence electrons. The molecule has 0 bridgehead atoms. The molecule has 0 radical (unpaired) electrons. The van der Waals surface area contributed by atoms with Gasteiger partial charge in [-0.2, -0.15) is 0 Å². The highest BCUT2D eigenvalue weighted by Crippen LogP contribution is 2.34. The molecule has 2 amide bonds. The van der Waals surface area contributed by atoms with Gasteiger partial charge in [-0.15, -0.1) is 0 Å². The van der Waals surface area contributed by atoms with E-state index in [0.717, 1.165) is 16.7 Å². The summed E-state index contributed by atoms with van der Waals surface area (Å²) in [5.74, 6) is -0.237. The number of carbonyl (C=O) groups excluding carboxylic acids is 2. The monoisotopic (exact) mass is 293 g/mol. The summed E-state index contributed by atoms with van der Waals surface area (Å²) in [6.07, 6.45) is 0.760. The van der Waals surface area contributed by atoms with Crippen LogP contribution in [0.2, 0.25) is 0 Å². The van der Waals surface area contributed by atoms with Crippen molar-refractivity contribution >= 4 is 17.5 Å². The van der Waals surface area contributed by atoms with E-state index in [-0.39, 0.29) is 17.7 Å². The lowest BCUT2D eigenvalue weighted by Gasteiger charge is -2.31. The van der Waals surface area contributed by atoms with E-state index in [1.165, 1.54) is 4.90 Å². The molecule has 1 aliphatic rings. The average Bonchev–Trinajstić information content (AvgIpc) is 2.49. The van der Waals surface area contributed by atoms with E-state index >= 15 is 0 Å². The largest absolute Gasteiger partial charge is 0.274 e. The van der Waals surface area contributed by atoms with Crippen molar-refractivity contribution in [2.75, 3.05) is 4.90 Å². The van der Waals surface area contributed by atoms with Crippen LogP contribution in [0.1, 0.15) is 35.4 Å². The highest BCUT2D eigenvalue weighted by atomic mass is 16.2. The Morgan fingerprint density at radius 1 is 0.818 bits per heavy atom. The Morgan fingerprint density at radius 3 is 1.95 bits per heavy atom. The minimum atomic E-state index is -0.112. The first-order valence-electron chi connectivity index (χ1n) is 7.55. The minimum Gasteiger partial charge on any atom is -0.274 e. The summed E-state index contributed by atoms with van der Waals surface area (Å²) < 4.78 is 0. The van der Waals surface area contributed by atoms with Gasteiger partial charge in [-0.1, -0.05) is 42.5 Å². The molecule has 0 saturated carbocycles. The maximum Gasteiger partial charge on any atom is 0.234 e. The lowest BCUT2D eigenvalue weighted by Crippen LogP contribution is -2.43. The van der Waals surface area contributed by atoms with Crippen LogP contribution in [-0.4, -0.2) is 11.8 Å². The third-order valence-corrected chi connectivity index (χ3v) is 4.33. The molecule has 1 aliphatic heterocycles. The number of benzene rings is 2. The summed E-state index contributed by atoms with van der Waals surface area (Å²) in [6.45, 7) is 3.95. The Morgan fingerprint density at radius 2 is 1.36 bits per heavy atom. The van der Waals surface area contributed by atoms with Gasteiger partial charge in [-0.25, -0.2) is 0 Å². The number of piperidine rings is 1. The SMILES string of the molecule is Cc1ccccc1C1CC(=O)N(c2ccccc2C)C(=O)C1. The second kappa shape index (κ2) is 5.76. The summed E-state index contributed by atoms with van der Waals surface area (Å²) in [4.78, 5) is 26.5. The van der Waals surface area contributed by atoms with Crippen LogP contribution in [-0.2, 0) is 9.59 Å². The van der Waals surface area contributed by atoms with E-state index < -0.39 is 0 Å². The van der Waals surface area contributed by atoms with Crippen LogP contribution in [0, 0.1) is 13.8 Å². The summed E-state index contributed by atoms with van der Waals surface area (Å²) in [5.41, 5.74) is 3.89. The Labute approximate surface area is 130 Å². The second-order valence-electron chi connectivity index (χ2n) is 5.87. The van der Waals surface area contributed by atoms with Crippen LogP contribution in [0.15, 0.2) is 48.5 Å². The molecular weight excluding hydrogens is 274 g/mol. The molecule has 0 N–H and O–H groups in total. The number of para-hydroxylation sites is 1. The average molecular weight is 293 g/mol. The number of imide groups is 1. The van der Waals surface area contributed by atoms with Gasteiger partial charge in [0, 0.05) is 18.8 Å². The molecule has 3 nitrogen and oxygen atoms in total. The van der Waals surface area contributed by atoms with Crippen LogP contribution >= 0.6 is 0 Å². The third-order valence-electron chi connectivity index (χ3n) is 4.33. The molecule has 1 heterocycles. The predicted molar refractivity (Wildman–Crippen MR) is 86.8 cm³/mol. The first-order valence-corrected chi connectivity index (χ1v) is 7.55. The van der Waals surface area contributed by atoms with Crippen molar-refractivity contribution in [1.82, 2.24) is 0 Å². The fourth-order valence-corrected chi connectivity index (χ4v) is 3.16. The number of nitrogens with zero attached hydrogens (tertiary/aromatic N) is 1. The van der Waals surface area contributed by atoms with E-state index in [1.54, 1.807) is 0 Å². The summed E-state index contributed by atoms with van der Waals surface area (Å²) >= 11 is 0. The van der Waals surface area contributed by atoms with Gasteiger partial charge in [0.2, 0.25) is 11.8 Å². The van der Waals surface area contributed by atoms with Crippen LogP contribution in [0.5, 0.6) is 0 Å². The number of amides is 2. The number of hydrogen-bond donors (Lipinski definition) is 0. The molecule has 1 saturated heterocycles. The van der Waals surface area contributed by atoms with Gasteiger partial charge in [-0.3, -0.25) is 14.5 Å². The molecular formula is C19H19NO2. The first kappa shape index (κ1) is 14.5. The van der Waals surface area contributed by atoms with Crippen LogP contribution < -0.4 is 4.90 Å². The maximum atomic E-state index is 12.6. The van der Waals surface area contributed by atoms with Crippen molar-refractivity contribution in [3.63, 3.8) is 0 Å². The zero-order valence-electron chi connectivity index (χ0n) is 12.9. The Balaban J connectivity index is 1.90. The molecule has 0 atom stereocenters. The Bertz CT molecular complexity index is 718. The lowest BCUT2D eigenvalue weighted by atomic mass is 9.86. The highest BCUT2D eigenvalue weighted by molar-refractivity contribution is 6.17. The normalized spacial score (nSPS) is 16.2. The number of anilines is 1. The van der Waals surface area contributed by atoms with E-state index in [4.69, 9.17) is 0 Å². The van der Waals surface area contributed by atoms with Gasteiger partial charge in [0.1, 0.15) is 0 Å². The molecule has 3 heteroatoms. The molecule has 2 aromatic rings. The second-order valence-corrected chi connectivity index (χ2v) is 5.87. The molecule has 0 spiro atoms. The molecule has 0 aliphatic carbocycles. The zero-order chi connectivity index (χ0) is 15.7. The van der Waals surface area contributed by atoms with Gasteiger partial charge in [-0.05, 0) is 36.6 Å². The topological polar surface area (TPSA) is 37.4 Å². The van der Waals surface area contributed by atoms with Crippen molar-refractivity contribution in [3.8, 4) is 0 Å². The lowest BCUT2D eigenvalue weighted by molar-refractivity contribution is -0.129. The van der Waals surface area contributed by atoms with Crippen molar-refractivity contribution in [2.24, 2.45) is 0 Å². The number of hydrogen-bond acceptors (Lipinski definition) is 2. The smallest absolute Gasteiger partial charge is 0.234 e. The van der Waals surface area contributed by atoms with Crippen molar-refractivity contribution in [1.29, 1.82) is 0 Å². The van der Waals surface area contributed by atoms with Crippen molar-refractivity contribution < 1.29 is 9.59 Å². The van der Waals surface area contributed by atoms with Crippen LogP contribution in [0.3, 0.4) is 0 Å². The zero-order valence-corrected chi connectivity index (χ0v) is 12.9. The van der Waals surface area contributed by atoms with E-state index in [1.807, 2.05) is 62.4 Å². The van der Waals surface area contributed by atoms with Gasteiger partial charge < -0.3 is 0 Å². The molecule has 0 aromatic heterocycles. The Kier molecular flexibility index (Phi) is 3.80. The van der Waals surface area contributed by atoms with Crippen LogP contribution in [0.4, 0.5) is 5.69 Å². The highest BCUT2D eigenvalue weighted by Gasteiger charge is 2.35. The maximum absolute atomic E-state index is 12.6. The Hall–Kier alpha value is -2.42. The van der Waals surface area contributed by atoms with Gasteiger partial charge >= 0.3 is 0 Å². The summed E-state index contributed by atoms with van der Waals surface area (Å²) in [5, 5.41) is 0. The molecule has 0 unspecified atom stereocenters. The summed E-state index contributed by atoms with van der Waals surface area (Å²) in [6, 6.07) is 15.5.